The zero-order chi connectivity index (χ0) is 16.9. The number of pyridine rings is 1. The highest BCUT2D eigenvalue weighted by molar-refractivity contribution is 6.36. The molecule has 0 aliphatic rings. The van der Waals surface area contributed by atoms with Crippen LogP contribution in [0.5, 0.6) is 0 Å². The number of nitrogens with zero attached hydrogens (tertiary/aromatic N) is 1. The number of anilines is 1. The SMILES string of the molecule is O=C(NCCc1c(Cl)cccc1Cl)Nc1cccc2cnccc12. The Morgan fingerprint density at radius 2 is 1.79 bits per heavy atom. The van der Waals surface area contributed by atoms with Crippen LogP contribution >= 0.6 is 23.2 Å². The largest absolute Gasteiger partial charge is 0.338 e. The lowest BCUT2D eigenvalue weighted by molar-refractivity contribution is 0.252. The predicted octanol–water partition coefficient (Wildman–Crippen LogP) is 4.91. The molecule has 0 aliphatic carbocycles. The van der Waals surface area contributed by atoms with E-state index >= 15 is 0 Å². The van der Waals surface area contributed by atoms with Crippen molar-refractivity contribution in [3.8, 4) is 0 Å². The van der Waals surface area contributed by atoms with Gasteiger partial charge in [0.15, 0.2) is 0 Å². The molecule has 0 bridgehead atoms. The normalized spacial score (nSPS) is 10.6. The number of aromatic nitrogens is 1. The zero-order valence-corrected chi connectivity index (χ0v) is 14.2. The Morgan fingerprint density at radius 3 is 2.58 bits per heavy atom. The Bertz CT molecular complexity index is 858. The average Bonchev–Trinajstić information content (AvgIpc) is 2.58. The van der Waals surface area contributed by atoms with Gasteiger partial charge in [-0.3, -0.25) is 4.98 Å². The highest BCUT2D eigenvalue weighted by Gasteiger charge is 2.08. The molecule has 2 N–H and O–H groups in total. The summed E-state index contributed by atoms with van der Waals surface area (Å²) in [4.78, 5) is 16.2. The Kier molecular flexibility index (Phi) is 5.18. The predicted molar refractivity (Wildman–Crippen MR) is 98.9 cm³/mol. The second-order valence-corrected chi connectivity index (χ2v) is 6.05. The van der Waals surface area contributed by atoms with Gasteiger partial charge in [0.25, 0.3) is 0 Å². The van der Waals surface area contributed by atoms with E-state index in [0.717, 1.165) is 22.0 Å². The van der Waals surface area contributed by atoms with E-state index in [-0.39, 0.29) is 6.03 Å². The molecule has 0 aliphatic heterocycles. The van der Waals surface area contributed by atoms with Gasteiger partial charge in [0, 0.05) is 39.8 Å². The second kappa shape index (κ2) is 7.51. The molecule has 122 valence electrons. The quantitative estimate of drug-likeness (QED) is 0.695. The van der Waals surface area contributed by atoms with E-state index in [2.05, 4.69) is 15.6 Å². The van der Waals surface area contributed by atoms with E-state index in [9.17, 15) is 4.79 Å². The molecule has 0 spiro atoms. The summed E-state index contributed by atoms with van der Waals surface area (Å²) in [5.74, 6) is 0. The number of benzene rings is 2. The fourth-order valence-corrected chi connectivity index (χ4v) is 3.06. The topological polar surface area (TPSA) is 54.0 Å². The smallest absolute Gasteiger partial charge is 0.319 e. The molecule has 4 nitrogen and oxygen atoms in total. The third-order valence-electron chi connectivity index (χ3n) is 3.65. The van der Waals surface area contributed by atoms with E-state index < -0.39 is 0 Å². The maximum atomic E-state index is 12.1. The standard InChI is InChI=1S/C18H15Cl2N3O/c19-15-4-2-5-16(20)14(15)8-10-22-18(24)23-17-6-1-3-12-11-21-9-7-13(12)17/h1-7,9,11H,8,10H2,(H2,22,23,24). The molecule has 2 aromatic carbocycles. The van der Waals surface area contributed by atoms with Gasteiger partial charge in [-0.25, -0.2) is 4.79 Å². The van der Waals surface area contributed by atoms with Crippen LogP contribution < -0.4 is 10.6 Å². The van der Waals surface area contributed by atoms with Crippen molar-refractivity contribution >= 4 is 45.7 Å². The number of amides is 2. The van der Waals surface area contributed by atoms with E-state index in [1.54, 1.807) is 30.6 Å². The molecule has 1 heterocycles. The maximum absolute atomic E-state index is 12.1. The molecule has 0 unspecified atom stereocenters. The Labute approximate surface area is 149 Å². The maximum Gasteiger partial charge on any atom is 0.319 e. The van der Waals surface area contributed by atoms with Crippen molar-refractivity contribution in [3.63, 3.8) is 0 Å². The van der Waals surface area contributed by atoms with Crippen molar-refractivity contribution in [2.24, 2.45) is 0 Å². The molecule has 0 fully saturated rings. The molecular formula is C18H15Cl2N3O. The van der Waals surface area contributed by atoms with Gasteiger partial charge in [-0.2, -0.15) is 0 Å². The van der Waals surface area contributed by atoms with Gasteiger partial charge in [0.1, 0.15) is 0 Å². The van der Waals surface area contributed by atoms with Crippen LogP contribution in [0.25, 0.3) is 10.8 Å². The van der Waals surface area contributed by atoms with Gasteiger partial charge in [0.05, 0.1) is 5.69 Å². The average molecular weight is 360 g/mol. The van der Waals surface area contributed by atoms with E-state index in [4.69, 9.17) is 23.2 Å². The Balaban J connectivity index is 1.62. The lowest BCUT2D eigenvalue weighted by Gasteiger charge is -2.11. The number of fused-ring (bicyclic) bond motifs is 1. The van der Waals surface area contributed by atoms with Crippen LogP contribution in [0.15, 0.2) is 54.9 Å². The first-order valence-electron chi connectivity index (χ1n) is 7.45. The molecule has 0 saturated heterocycles. The number of rotatable bonds is 4. The summed E-state index contributed by atoms with van der Waals surface area (Å²) >= 11 is 12.2. The van der Waals surface area contributed by atoms with E-state index in [1.165, 1.54) is 0 Å². The summed E-state index contributed by atoms with van der Waals surface area (Å²) < 4.78 is 0. The highest BCUT2D eigenvalue weighted by Crippen LogP contribution is 2.24. The summed E-state index contributed by atoms with van der Waals surface area (Å²) in [5.41, 5.74) is 1.57. The first-order valence-corrected chi connectivity index (χ1v) is 8.21. The summed E-state index contributed by atoms with van der Waals surface area (Å²) in [6.07, 6.45) is 4.02. The number of halogens is 2. The molecule has 3 aromatic rings. The highest BCUT2D eigenvalue weighted by atomic mass is 35.5. The molecule has 3 rings (SSSR count). The van der Waals surface area contributed by atoms with Crippen LogP contribution in [0.2, 0.25) is 10.0 Å². The first-order chi connectivity index (χ1) is 11.6. The summed E-state index contributed by atoms with van der Waals surface area (Å²) in [6.45, 7) is 0.432. The van der Waals surface area contributed by atoms with Crippen LogP contribution in [-0.4, -0.2) is 17.6 Å². The van der Waals surface area contributed by atoms with Gasteiger partial charge >= 0.3 is 6.03 Å². The molecule has 2 amide bonds. The minimum Gasteiger partial charge on any atom is -0.338 e. The summed E-state index contributed by atoms with van der Waals surface area (Å²) in [6, 6.07) is 12.6. The van der Waals surface area contributed by atoms with Gasteiger partial charge in [-0.1, -0.05) is 41.4 Å². The molecule has 1 aromatic heterocycles. The zero-order valence-electron chi connectivity index (χ0n) is 12.7. The van der Waals surface area contributed by atoms with Crippen molar-refractivity contribution in [2.75, 3.05) is 11.9 Å². The minimum absolute atomic E-state index is 0.275. The van der Waals surface area contributed by atoms with E-state index in [1.807, 2.05) is 24.3 Å². The number of hydrogen-bond acceptors (Lipinski definition) is 2. The summed E-state index contributed by atoms with van der Waals surface area (Å²) in [5, 5.41) is 8.79. The number of hydrogen-bond donors (Lipinski definition) is 2. The van der Waals surface area contributed by atoms with Gasteiger partial charge in [-0.05, 0) is 36.2 Å². The third-order valence-corrected chi connectivity index (χ3v) is 4.36. The van der Waals surface area contributed by atoms with Crippen molar-refractivity contribution in [3.05, 3.63) is 70.5 Å². The number of urea groups is 1. The van der Waals surface area contributed by atoms with Crippen LogP contribution in [0.4, 0.5) is 10.5 Å². The fraction of sp³-hybridized carbons (Fsp3) is 0.111. The lowest BCUT2D eigenvalue weighted by Crippen LogP contribution is -2.30. The van der Waals surface area contributed by atoms with Crippen LogP contribution in [-0.2, 0) is 6.42 Å². The van der Waals surface area contributed by atoms with Crippen LogP contribution in [0.1, 0.15) is 5.56 Å². The van der Waals surface area contributed by atoms with Crippen LogP contribution in [0.3, 0.4) is 0 Å². The number of carbonyl (C=O) groups is 1. The molecule has 0 radical (unpaired) electrons. The van der Waals surface area contributed by atoms with Crippen molar-refractivity contribution in [1.82, 2.24) is 10.3 Å². The second-order valence-electron chi connectivity index (χ2n) is 5.23. The van der Waals surface area contributed by atoms with Gasteiger partial charge in [-0.15, -0.1) is 0 Å². The lowest BCUT2D eigenvalue weighted by atomic mass is 10.1. The Morgan fingerprint density at radius 1 is 1.04 bits per heavy atom. The van der Waals surface area contributed by atoms with E-state index in [0.29, 0.717) is 23.0 Å². The summed E-state index contributed by atoms with van der Waals surface area (Å²) in [7, 11) is 0. The number of carbonyl (C=O) groups excluding carboxylic acids is 1. The van der Waals surface area contributed by atoms with Crippen LogP contribution in [0, 0.1) is 0 Å². The molecule has 6 heteroatoms. The molecular weight excluding hydrogens is 345 g/mol. The monoisotopic (exact) mass is 359 g/mol. The molecule has 0 atom stereocenters. The Hall–Kier alpha value is -2.30. The third kappa shape index (κ3) is 3.78. The van der Waals surface area contributed by atoms with Crippen molar-refractivity contribution in [2.45, 2.75) is 6.42 Å². The number of nitrogens with one attached hydrogen (secondary N) is 2. The molecule has 24 heavy (non-hydrogen) atoms. The van der Waals surface area contributed by atoms with Crippen molar-refractivity contribution < 1.29 is 4.79 Å². The fourth-order valence-electron chi connectivity index (χ4n) is 2.47. The first kappa shape index (κ1) is 16.6. The minimum atomic E-state index is -0.275. The molecule has 0 saturated carbocycles. The van der Waals surface area contributed by atoms with Gasteiger partial charge < -0.3 is 10.6 Å². The van der Waals surface area contributed by atoms with Gasteiger partial charge in [0.2, 0.25) is 0 Å². The van der Waals surface area contributed by atoms with Crippen molar-refractivity contribution in [1.29, 1.82) is 0 Å².